The highest BCUT2D eigenvalue weighted by atomic mass is 79.9. The van der Waals surface area contributed by atoms with Crippen LogP contribution in [0.25, 0.3) is 0 Å². The number of halogens is 3. The molecule has 0 saturated carbocycles. The first-order valence-corrected chi connectivity index (χ1v) is 11.3. The number of hydrogen-bond donors (Lipinski definition) is 0. The van der Waals surface area contributed by atoms with E-state index in [1.54, 1.807) is 43.3 Å². The van der Waals surface area contributed by atoms with Crippen LogP contribution in [0.5, 0.6) is 0 Å². The van der Waals surface area contributed by atoms with Gasteiger partial charge in [0.25, 0.3) is 0 Å². The monoisotopic (exact) mass is 503 g/mol. The zero-order valence-electron chi connectivity index (χ0n) is 14.7. The molecule has 1 atom stereocenters. The van der Waals surface area contributed by atoms with Gasteiger partial charge < -0.3 is 4.74 Å². The first-order valence-electron chi connectivity index (χ1n) is 8.35. The normalized spacial score (nSPS) is 17.4. The topological polar surface area (TPSA) is 63.7 Å². The molecule has 1 unspecified atom stereocenters. The summed E-state index contributed by atoms with van der Waals surface area (Å²) >= 11 is 15.4. The van der Waals surface area contributed by atoms with Crippen molar-refractivity contribution in [1.82, 2.24) is 4.31 Å². The Morgan fingerprint density at radius 2 is 1.86 bits per heavy atom. The number of carbonyl (C=O) groups is 1. The molecule has 0 aliphatic carbocycles. The molecule has 28 heavy (non-hydrogen) atoms. The van der Waals surface area contributed by atoms with Crippen LogP contribution < -0.4 is 0 Å². The average molecular weight is 505 g/mol. The van der Waals surface area contributed by atoms with E-state index in [0.717, 1.165) is 4.47 Å². The highest BCUT2D eigenvalue weighted by Gasteiger charge is 2.41. The van der Waals surface area contributed by atoms with E-state index in [1.165, 1.54) is 16.4 Å². The molecule has 5 nitrogen and oxygen atoms in total. The zero-order chi connectivity index (χ0) is 20.5. The Labute approximate surface area is 182 Å². The summed E-state index contributed by atoms with van der Waals surface area (Å²) < 4.78 is 33.7. The van der Waals surface area contributed by atoms with E-state index in [1.807, 2.05) is 0 Å². The van der Waals surface area contributed by atoms with Crippen LogP contribution in [0.15, 0.2) is 63.5 Å². The number of esters is 1. The summed E-state index contributed by atoms with van der Waals surface area (Å²) in [5.41, 5.74) is 0.785. The molecule has 148 valence electrons. The van der Waals surface area contributed by atoms with Crippen molar-refractivity contribution in [3.63, 3.8) is 0 Å². The summed E-state index contributed by atoms with van der Waals surface area (Å²) in [4.78, 5) is 12.6. The molecule has 1 aliphatic heterocycles. The van der Waals surface area contributed by atoms with Gasteiger partial charge in [-0.3, -0.25) is 0 Å². The van der Waals surface area contributed by atoms with Crippen molar-refractivity contribution in [3.05, 3.63) is 74.2 Å². The minimum Gasteiger partial charge on any atom is -0.463 e. The maximum absolute atomic E-state index is 13.3. The summed E-state index contributed by atoms with van der Waals surface area (Å²) in [5.74, 6) is -0.563. The number of sulfonamides is 1. The predicted molar refractivity (Wildman–Crippen MR) is 112 cm³/mol. The minimum atomic E-state index is -3.88. The number of hydrogen-bond acceptors (Lipinski definition) is 4. The largest absolute Gasteiger partial charge is 0.463 e. The highest BCUT2D eigenvalue weighted by Crippen LogP contribution is 2.40. The molecule has 2 aromatic carbocycles. The molecule has 9 heteroatoms. The van der Waals surface area contributed by atoms with Gasteiger partial charge in [-0.1, -0.05) is 51.3 Å². The molecule has 0 radical (unpaired) electrons. The number of ether oxygens (including phenoxy) is 1. The van der Waals surface area contributed by atoms with Gasteiger partial charge in [0.05, 0.1) is 33.2 Å². The van der Waals surface area contributed by atoms with Crippen molar-refractivity contribution in [3.8, 4) is 0 Å². The number of benzene rings is 2. The van der Waals surface area contributed by atoms with E-state index in [9.17, 15) is 13.2 Å². The molecule has 0 saturated heterocycles. The number of rotatable bonds is 5. The van der Waals surface area contributed by atoms with Crippen molar-refractivity contribution in [2.45, 2.75) is 17.9 Å². The lowest BCUT2D eigenvalue weighted by Crippen LogP contribution is -2.33. The molecule has 1 aliphatic rings. The zero-order valence-corrected chi connectivity index (χ0v) is 18.6. The summed E-state index contributed by atoms with van der Waals surface area (Å²) in [5, 5.41) is 0.614. The Morgan fingerprint density at radius 3 is 2.46 bits per heavy atom. The van der Waals surface area contributed by atoms with Gasteiger partial charge in [0.15, 0.2) is 0 Å². The number of carbonyl (C=O) groups excluding carboxylic acids is 1. The van der Waals surface area contributed by atoms with E-state index in [0.29, 0.717) is 10.6 Å². The van der Waals surface area contributed by atoms with Crippen molar-refractivity contribution >= 4 is 55.1 Å². The van der Waals surface area contributed by atoms with Crippen molar-refractivity contribution in [2.24, 2.45) is 0 Å². The van der Waals surface area contributed by atoms with Gasteiger partial charge in [-0.05, 0) is 48.9 Å². The van der Waals surface area contributed by atoms with Crippen molar-refractivity contribution in [2.75, 3.05) is 13.2 Å². The summed E-state index contributed by atoms with van der Waals surface area (Å²) in [6.45, 7) is 1.92. The third-order valence-electron chi connectivity index (χ3n) is 4.26. The van der Waals surface area contributed by atoms with Crippen molar-refractivity contribution < 1.29 is 17.9 Å². The lowest BCUT2D eigenvalue weighted by Gasteiger charge is -2.26. The summed E-state index contributed by atoms with van der Waals surface area (Å²) in [7, 11) is -3.88. The molecule has 0 bridgehead atoms. The molecular weight excluding hydrogens is 489 g/mol. The Balaban J connectivity index is 2.08. The Hall–Kier alpha value is -1.38. The third kappa shape index (κ3) is 4.14. The first-order chi connectivity index (χ1) is 13.3. The van der Waals surface area contributed by atoms with E-state index in [-0.39, 0.29) is 28.6 Å². The quantitative estimate of drug-likeness (QED) is 0.538. The molecule has 0 spiro atoms. The first kappa shape index (κ1) is 21.3. The van der Waals surface area contributed by atoms with Crippen molar-refractivity contribution in [1.29, 1.82) is 0 Å². The van der Waals surface area contributed by atoms with Gasteiger partial charge in [0.2, 0.25) is 10.0 Å². The molecule has 0 aromatic heterocycles. The molecule has 2 aromatic rings. The van der Waals surface area contributed by atoms with Gasteiger partial charge in [-0.25, -0.2) is 13.2 Å². The van der Waals surface area contributed by atoms with Gasteiger partial charge in [-0.2, -0.15) is 4.31 Å². The van der Waals surface area contributed by atoms with E-state index in [2.05, 4.69) is 15.9 Å². The lowest BCUT2D eigenvalue weighted by atomic mass is 10.0. The van der Waals surface area contributed by atoms with Crippen LogP contribution in [0, 0.1) is 0 Å². The van der Waals surface area contributed by atoms with E-state index < -0.39 is 22.0 Å². The van der Waals surface area contributed by atoms with Gasteiger partial charge in [0, 0.05) is 11.0 Å². The van der Waals surface area contributed by atoms with Crippen LogP contribution in [0.3, 0.4) is 0 Å². The molecule has 3 rings (SSSR count). The number of nitrogens with zero attached hydrogens (tertiary/aromatic N) is 1. The van der Waals surface area contributed by atoms with Crippen LogP contribution in [0.2, 0.25) is 10.0 Å². The Bertz CT molecular complexity index is 1040. The fraction of sp³-hybridized carbons (Fsp3) is 0.211. The molecular formula is C19H16BrCl2NO4S. The Morgan fingerprint density at radius 1 is 1.18 bits per heavy atom. The van der Waals surface area contributed by atoms with Gasteiger partial charge >= 0.3 is 5.97 Å². The fourth-order valence-corrected chi connectivity index (χ4v) is 5.08. The van der Waals surface area contributed by atoms with Gasteiger partial charge in [0.1, 0.15) is 0 Å². The SMILES string of the molecule is CCOC(=O)C1=CCN(S(=O)(=O)c2ccc(Br)cc2)C1c1ccc(Cl)c(Cl)c1. The maximum atomic E-state index is 13.3. The fourth-order valence-electron chi connectivity index (χ4n) is 2.98. The van der Waals surface area contributed by atoms with Crippen LogP contribution in [-0.4, -0.2) is 31.8 Å². The van der Waals surface area contributed by atoms with E-state index >= 15 is 0 Å². The average Bonchev–Trinajstić information content (AvgIpc) is 3.10. The standard InChI is InChI=1S/C19H16BrCl2NO4S/c1-2-27-19(24)15-9-10-23(18(15)12-3-8-16(21)17(22)11-12)28(25,26)14-6-4-13(20)5-7-14/h3-9,11,18H,2,10H2,1H3. The predicted octanol–water partition coefficient (Wildman–Crippen LogP) is 4.99. The lowest BCUT2D eigenvalue weighted by molar-refractivity contribution is -0.138. The van der Waals surface area contributed by atoms with Crippen LogP contribution >= 0.6 is 39.1 Å². The van der Waals surface area contributed by atoms with Crippen LogP contribution in [-0.2, 0) is 19.6 Å². The molecule has 0 fully saturated rings. The summed E-state index contributed by atoms with van der Waals surface area (Å²) in [6, 6.07) is 10.3. The van der Waals surface area contributed by atoms with Gasteiger partial charge in [-0.15, -0.1) is 0 Å². The third-order valence-corrected chi connectivity index (χ3v) is 7.38. The highest BCUT2D eigenvalue weighted by molar-refractivity contribution is 9.10. The molecule has 1 heterocycles. The van der Waals surface area contributed by atoms with Crippen LogP contribution in [0.1, 0.15) is 18.5 Å². The second-order valence-electron chi connectivity index (χ2n) is 5.98. The van der Waals surface area contributed by atoms with E-state index in [4.69, 9.17) is 27.9 Å². The Kier molecular flexibility index (Phi) is 6.51. The second kappa shape index (κ2) is 8.55. The maximum Gasteiger partial charge on any atom is 0.335 e. The molecule has 0 amide bonds. The summed E-state index contributed by atoms with van der Waals surface area (Å²) in [6.07, 6.45) is 1.57. The second-order valence-corrected chi connectivity index (χ2v) is 9.61. The molecule has 0 N–H and O–H groups in total. The smallest absolute Gasteiger partial charge is 0.335 e. The minimum absolute atomic E-state index is 0.0391. The van der Waals surface area contributed by atoms with Crippen LogP contribution in [0.4, 0.5) is 0 Å².